The largest absolute Gasteiger partial charge is 0.493 e. The van der Waals surface area contributed by atoms with Crippen LogP contribution in [0.15, 0.2) is 23.2 Å². The van der Waals surface area contributed by atoms with Gasteiger partial charge in [-0.1, -0.05) is 19.4 Å². The zero-order valence-electron chi connectivity index (χ0n) is 15.8. The summed E-state index contributed by atoms with van der Waals surface area (Å²) in [5.74, 6) is 2.46. The number of nitrogens with zero attached hydrogens (tertiary/aromatic N) is 2. The second-order valence-electron chi connectivity index (χ2n) is 6.74. The molecule has 140 valence electrons. The number of hydrogen-bond acceptors (Lipinski definition) is 4. The Morgan fingerprint density at radius 1 is 1.20 bits per heavy atom. The minimum atomic E-state index is 0.486. The smallest absolute Gasteiger partial charge is 0.188 e. The molecule has 0 aliphatic carbocycles. The van der Waals surface area contributed by atoms with E-state index in [4.69, 9.17) is 15.2 Å². The molecule has 0 radical (unpaired) electrons. The molecule has 25 heavy (non-hydrogen) atoms. The van der Waals surface area contributed by atoms with Crippen molar-refractivity contribution in [3.63, 3.8) is 0 Å². The van der Waals surface area contributed by atoms with Crippen LogP contribution in [0.1, 0.15) is 31.7 Å². The minimum Gasteiger partial charge on any atom is -0.493 e. The molecule has 1 aromatic carbocycles. The number of methoxy groups -OCH3 is 2. The molecule has 0 saturated carbocycles. The lowest BCUT2D eigenvalue weighted by Crippen LogP contribution is -2.40. The Hall–Kier alpha value is -1.95. The zero-order valence-corrected chi connectivity index (χ0v) is 15.8. The van der Waals surface area contributed by atoms with Crippen LogP contribution in [0.3, 0.4) is 0 Å². The average Bonchev–Trinajstić information content (AvgIpc) is 2.65. The molecule has 1 unspecified atom stereocenters. The molecule has 6 heteroatoms. The third-order valence-corrected chi connectivity index (χ3v) is 4.53. The number of hydrogen-bond donors (Lipinski definition) is 2. The SMILES string of the molecule is COc1ccc(CN=C(N)NCC(C)CN2CCCCC2)cc1OC. The van der Waals surface area contributed by atoms with Gasteiger partial charge in [-0.3, -0.25) is 0 Å². The Kier molecular flexibility index (Phi) is 7.85. The van der Waals surface area contributed by atoms with Crippen molar-refractivity contribution >= 4 is 5.96 Å². The van der Waals surface area contributed by atoms with E-state index in [1.807, 2.05) is 18.2 Å². The molecule has 0 bridgehead atoms. The summed E-state index contributed by atoms with van der Waals surface area (Å²) in [6.07, 6.45) is 4.03. The van der Waals surface area contributed by atoms with Crippen LogP contribution < -0.4 is 20.5 Å². The second-order valence-corrected chi connectivity index (χ2v) is 6.74. The highest BCUT2D eigenvalue weighted by molar-refractivity contribution is 5.77. The first-order valence-electron chi connectivity index (χ1n) is 9.09. The first-order chi connectivity index (χ1) is 12.1. The second kappa shape index (κ2) is 10.1. The van der Waals surface area contributed by atoms with E-state index in [0.717, 1.165) is 18.7 Å². The number of guanidine groups is 1. The number of nitrogens with one attached hydrogen (secondary N) is 1. The van der Waals surface area contributed by atoms with E-state index in [0.29, 0.717) is 29.9 Å². The molecule has 1 aromatic rings. The number of benzene rings is 1. The van der Waals surface area contributed by atoms with Crippen LogP contribution in [-0.4, -0.2) is 51.3 Å². The predicted molar refractivity (Wildman–Crippen MR) is 102 cm³/mol. The lowest BCUT2D eigenvalue weighted by atomic mass is 10.1. The van der Waals surface area contributed by atoms with E-state index >= 15 is 0 Å². The van der Waals surface area contributed by atoms with E-state index in [1.54, 1.807) is 14.2 Å². The highest BCUT2D eigenvalue weighted by atomic mass is 16.5. The Morgan fingerprint density at radius 2 is 1.92 bits per heavy atom. The summed E-state index contributed by atoms with van der Waals surface area (Å²) < 4.78 is 10.6. The van der Waals surface area contributed by atoms with Gasteiger partial charge in [0.1, 0.15) is 0 Å². The molecule has 0 aromatic heterocycles. The summed E-state index contributed by atoms with van der Waals surface area (Å²) in [5.41, 5.74) is 7.03. The summed E-state index contributed by atoms with van der Waals surface area (Å²) in [5, 5.41) is 3.24. The molecule has 1 atom stereocenters. The van der Waals surface area contributed by atoms with Crippen molar-refractivity contribution in [1.29, 1.82) is 0 Å². The molecule has 1 heterocycles. The van der Waals surface area contributed by atoms with E-state index in [9.17, 15) is 0 Å². The summed E-state index contributed by atoms with van der Waals surface area (Å²) in [4.78, 5) is 6.97. The van der Waals surface area contributed by atoms with Gasteiger partial charge in [-0.25, -0.2) is 4.99 Å². The minimum absolute atomic E-state index is 0.486. The normalized spacial score (nSPS) is 17.2. The van der Waals surface area contributed by atoms with E-state index in [-0.39, 0.29) is 0 Å². The number of rotatable bonds is 8. The van der Waals surface area contributed by atoms with E-state index < -0.39 is 0 Å². The molecule has 0 amide bonds. The highest BCUT2D eigenvalue weighted by Gasteiger charge is 2.13. The van der Waals surface area contributed by atoms with Crippen LogP contribution in [0.4, 0.5) is 0 Å². The van der Waals surface area contributed by atoms with Crippen molar-refractivity contribution in [2.75, 3.05) is 40.4 Å². The molecule has 3 N–H and O–H groups in total. The lowest BCUT2D eigenvalue weighted by molar-refractivity contribution is 0.201. The van der Waals surface area contributed by atoms with Crippen molar-refractivity contribution in [1.82, 2.24) is 10.2 Å². The van der Waals surface area contributed by atoms with Crippen molar-refractivity contribution in [2.24, 2.45) is 16.6 Å². The molecular weight excluding hydrogens is 316 g/mol. The van der Waals surface area contributed by atoms with Gasteiger partial charge in [-0.05, 0) is 49.5 Å². The third-order valence-electron chi connectivity index (χ3n) is 4.53. The molecule has 1 aliphatic heterocycles. The molecular formula is C19H32N4O2. The molecule has 2 rings (SSSR count). The van der Waals surface area contributed by atoms with Gasteiger partial charge in [0, 0.05) is 13.1 Å². The van der Waals surface area contributed by atoms with Crippen molar-refractivity contribution in [3.05, 3.63) is 23.8 Å². The number of likely N-dealkylation sites (tertiary alicyclic amines) is 1. The monoisotopic (exact) mass is 348 g/mol. The topological polar surface area (TPSA) is 72.1 Å². The van der Waals surface area contributed by atoms with Gasteiger partial charge in [0.15, 0.2) is 17.5 Å². The number of aliphatic imine (C=N–C) groups is 1. The summed E-state index contributed by atoms with van der Waals surface area (Å²) in [6, 6.07) is 5.78. The first-order valence-corrected chi connectivity index (χ1v) is 9.09. The van der Waals surface area contributed by atoms with Gasteiger partial charge in [0.2, 0.25) is 0 Å². The van der Waals surface area contributed by atoms with Gasteiger partial charge in [-0.2, -0.15) is 0 Å². The maximum absolute atomic E-state index is 6.00. The third kappa shape index (κ3) is 6.46. The standard InChI is InChI=1S/C19H32N4O2/c1-15(14-23-9-5-4-6-10-23)12-21-19(20)22-13-16-7-8-17(24-2)18(11-16)25-3/h7-8,11,15H,4-6,9-10,12-14H2,1-3H3,(H3,20,21,22). The van der Waals surface area contributed by atoms with Gasteiger partial charge < -0.3 is 25.4 Å². The Balaban J connectivity index is 1.77. The van der Waals surface area contributed by atoms with Gasteiger partial charge >= 0.3 is 0 Å². The number of piperidine rings is 1. The molecule has 1 aliphatic rings. The Morgan fingerprint density at radius 3 is 2.60 bits per heavy atom. The summed E-state index contributed by atoms with van der Waals surface area (Å²) >= 11 is 0. The quantitative estimate of drug-likeness (QED) is 0.557. The summed E-state index contributed by atoms with van der Waals surface area (Å²) in [7, 11) is 3.26. The first kappa shape index (κ1) is 19.4. The van der Waals surface area contributed by atoms with Gasteiger partial charge in [0.25, 0.3) is 0 Å². The fraction of sp³-hybridized carbons (Fsp3) is 0.632. The van der Waals surface area contributed by atoms with Crippen LogP contribution >= 0.6 is 0 Å². The number of ether oxygens (including phenoxy) is 2. The van der Waals surface area contributed by atoms with Crippen LogP contribution in [-0.2, 0) is 6.54 Å². The molecule has 1 fully saturated rings. The lowest BCUT2D eigenvalue weighted by Gasteiger charge is -2.29. The zero-order chi connectivity index (χ0) is 18.1. The van der Waals surface area contributed by atoms with Gasteiger partial charge in [0.05, 0.1) is 20.8 Å². The van der Waals surface area contributed by atoms with Gasteiger partial charge in [-0.15, -0.1) is 0 Å². The highest BCUT2D eigenvalue weighted by Crippen LogP contribution is 2.27. The Labute approximate surface area is 151 Å². The molecule has 1 saturated heterocycles. The van der Waals surface area contributed by atoms with Crippen molar-refractivity contribution in [2.45, 2.75) is 32.7 Å². The Bertz CT molecular complexity index is 556. The van der Waals surface area contributed by atoms with E-state index in [2.05, 4.69) is 22.1 Å². The van der Waals surface area contributed by atoms with Crippen LogP contribution in [0.5, 0.6) is 11.5 Å². The summed E-state index contributed by atoms with van der Waals surface area (Å²) in [6.45, 7) is 7.19. The maximum atomic E-state index is 6.00. The maximum Gasteiger partial charge on any atom is 0.188 e. The number of nitrogens with two attached hydrogens (primary N) is 1. The van der Waals surface area contributed by atoms with Crippen LogP contribution in [0.25, 0.3) is 0 Å². The van der Waals surface area contributed by atoms with Crippen LogP contribution in [0, 0.1) is 5.92 Å². The predicted octanol–water partition coefficient (Wildman–Crippen LogP) is 2.23. The molecule has 0 spiro atoms. The van der Waals surface area contributed by atoms with Crippen molar-refractivity contribution < 1.29 is 9.47 Å². The van der Waals surface area contributed by atoms with E-state index in [1.165, 1.54) is 32.4 Å². The fourth-order valence-corrected chi connectivity index (χ4v) is 3.14. The van der Waals surface area contributed by atoms with Crippen LogP contribution in [0.2, 0.25) is 0 Å². The fourth-order valence-electron chi connectivity index (χ4n) is 3.14. The van der Waals surface area contributed by atoms with Crippen molar-refractivity contribution in [3.8, 4) is 11.5 Å². The average molecular weight is 348 g/mol. The molecule has 6 nitrogen and oxygen atoms in total.